The molecule has 1 N–H and O–H groups in total. The molecule has 0 aliphatic carbocycles. The summed E-state index contributed by atoms with van der Waals surface area (Å²) >= 11 is 0. The van der Waals surface area contributed by atoms with Crippen molar-refractivity contribution in [3.63, 3.8) is 0 Å². The Bertz CT molecular complexity index is 474. The third-order valence-corrected chi connectivity index (χ3v) is 4.14. The number of rotatable bonds is 7. The number of methoxy groups -OCH3 is 1. The molecule has 0 bridgehead atoms. The van der Waals surface area contributed by atoms with Crippen LogP contribution in [0.2, 0.25) is 0 Å². The number of nitrogens with one attached hydrogen (secondary N) is 1. The molecular weight excluding hydrogens is 264 g/mol. The van der Waals surface area contributed by atoms with Crippen LogP contribution in [0.5, 0.6) is 11.5 Å². The van der Waals surface area contributed by atoms with Gasteiger partial charge in [-0.05, 0) is 40.0 Å². The van der Waals surface area contributed by atoms with Crippen LogP contribution in [-0.2, 0) is 13.0 Å². The lowest BCUT2D eigenvalue weighted by Gasteiger charge is -2.21. The average molecular weight is 292 g/mol. The number of hydrogen-bond acceptors (Lipinski definition) is 4. The molecule has 4 heteroatoms. The number of nitrogens with zero attached hydrogens (tertiary/aromatic N) is 1. The second-order valence-electron chi connectivity index (χ2n) is 6.16. The molecule has 0 fully saturated rings. The van der Waals surface area contributed by atoms with E-state index in [1.54, 1.807) is 7.11 Å². The maximum absolute atomic E-state index is 5.83. The van der Waals surface area contributed by atoms with E-state index in [1.807, 2.05) is 0 Å². The first-order valence-corrected chi connectivity index (χ1v) is 7.78. The van der Waals surface area contributed by atoms with Crippen LogP contribution in [0.1, 0.15) is 31.9 Å². The summed E-state index contributed by atoms with van der Waals surface area (Å²) in [5.74, 6) is 1.97. The molecule has 21 heavy (non-hydrogen) atoms. The highest BCUT2D eigenvalue weighted by Crippen LogP contribution is 2.34. The fourth-order valence-electron chi connectivity index (χ4n) is 2.55. The summed E-state index contributed by atoms with van der Waals surface area (Å²) in [5, 5.41) is 3.49. The van der Waals surface area contributed by atoms with Gasteiger partial charge in [-0.2, -0.15) is 0 Å². The van der Waals surface area contributed by atoms with E-state index in [-0.39, 0.29) is 6.10 Å². The summed E-state index contributed by atoms with van der Waals surface area (Å²) in [6, 6.07) is 4.82. The first kappa shape index (κ1) is 16.1. The monoisotopic (exact) mass is 292 g/mol. The van der Waals surface area contributed by atoms with Gasteiger partial charge < -0.3 is 19.7 Å². The Kier molecular flexibility index (Phi) is 5.48. The van der Waals surface area contributed by atoms with Crippen molar-refractivity contribution in [3.05, 3.63) is 23.3 Å². The topological polar surface area (TPSA) is 33.7 Å². The van der Waals surface area contributed by atoms with E-state index < -0.39 is 0 Å². The van der Waals surface area contributed by atoms with Gasteiger partial charge in [-0.1, -0.05) is 0 Å². The molecule has 0 saturated heterocycles. The van der Waals surface area contributed by atoms with E-state index in [2.05, 4.69) is 50.2 Å². The molecule has 0 amide bonds. The van der Waals surface area contributed by atoms with Crippen LogP contribution >= 0.6 is 0 Å². The number of likely N-dealkylation sites (N-methyl/N-ethyl adjacent to an activating group) is 1. The predicted octanol–water partition coefficient (Wildman–Crippen LogP) is 2.45. The number of fused-ring (bicyclic) bond motifs is 1. The lowest BCUT2D eigenvalue weighted by Crippen LogP contribution is -2.33. The Morgan fingerprint density at radius 3 is 2.86 bits per heavy atom. The molecule has 0 saturated carbocycles. The van der Waals surface area contributed by atoms with Gasteiger partial charge in [0.1, 0.15) is 17.6 Å². The fraction of sp³-hybridized carbons (Fsp3) is 0.647. The van der Waals surface area contributed by atoms with Crippen molar-refractivity contribution in [3.8, 4) is 11.5 Å². The fourth-order valence-corrected chi connectivity index (χ4v) is 2.55. The lowest BCUT2D eigenvalue weighted by molar-refractivity contribution is 0.254. The Morgan fingerprint density at radius 2 is 2.19 bits per heavy atom. The smallest absolute Gasteiger partial charge is 0.123 e. The van der Waals surface area contributed by atoms with E-state index in [1.165, 1.54) is 5.56 Å². The van der Waals surface area contributed by atoms with Crippen LogP contribution in [0, 0.1) is 0 Å². The quantitative estimate of drug-likeness (QED) is 0.783. The second kappa shape index (κ2) is 7.14. The van der Waals surface area contributed by atoms with E-state index in [9.17, 15) is 0 Å². The van der Waals surface area contributed by atoms with Gasteiger partial charge in [-0.15, -0.1) is 0 Å². The summed E-state index contributed by atoms with van der Waals surface area (Å²) in [6.45, 7) is 9.33. The largest absolute Gasteiger partial charge is 0.496 e. The number of hydrogen-bond donors (Lipinski definition) is 1. The van der Waals surface area contributed by atoms with Gasteiger partial charge in [0.05, 0.1) is 7.11 Å². The second-order valence-corrected chi connectivity index (χ2v) is 6.16. The highest BCUT2D eigenvalue weighted by molar-refractivity contribution is 5.48. The Hall–Kier alpha value is -1.26. The van der Waals surface area contributed by atoms with Crippen LogP contribution < -0.4 is 14.8 Å². The van der Waals surface area contributed by atoms with Crippen molar-refractivity contribution in [1.29, 1.82) is 0 Å². The zero-order valence-corrected chi connectivity index (χ0v) is 13.9. The van der Waals surface area contributed by atoms with Crippen LogP contribution in [0.15, 0.2) is 12.1 Å². The minimum Gasteiger partial charge on any atom is -0.496 e. The van der Waals surface area contributed by atoms with E-state index in [0.717, 1.165) is 43.1 Å². The summed E-state index contributed by atoms with van der Waals surface area (Å²) in [7, 11) is 3.88. The molecule has 1 aromatic carbocycles. The van der Waals surface area contributed by atoms with Crippen LogP contribution in [0.3, 0.4) is 0 Å². The predicted molar refractivity (Wildman–Crippen MR) is 86.3 cm³/mol. The minimum absolute atomic E-state index is 0.271. The average Bonchev–Trinajstić information content (AvgIpc) is 2.81. The highest BCUT2D eigenvalue weighted by atomic mass is 16.5. The maximum Gasteiger partial charge on any atom is 0.123 e. The molecule has 0 aromatic heterocycles. The molecule has 1 aliphatic rings. The highest BCUT2D eigenvalue weighted by Gasteiger charge is 2.21. The summed E-state index contributed by atoms with van der Waals surface area (Å²) in [6.07, 6.45) is 1.24. The van der Waals surface area contributed by atoms with Gasteiger partial charge in [-0.25, -0.2) is 0 Å². The Labute approximate surface area is 128 Å². The third kappa shape index (κ3) is 4.11. The minimum atomic E-state index is 0.271. The van der Waals surface area contributed by atoms with Crippen LogP contribution in [0.4, 0.5) is 0 Å². The van der Waals surface area contributed by atoms with Gasteiger partial charge in [0, 0.05) is 43.2 Å². The standard InChI is InChI=1S/C17H28N2O2/c1-12(2)19(4)7-6-18-11-15-10-17-14(8-13(3)21-17)9-16(15)20-5/h9-10,12-13,18H,6-8,11H2,1-5H3. The SMILES string of the molecule is COc1cc2c(cc1CNCCN(C)C(C)C)OC(C)C2. The van der Waals surface area contributed by atoms with Crippen LogP contribution in [-0.4, -0.2) is 44.3 Å². The molecular formula is C17H28N2O2. The van der Waals surface area contributed by atoms with Crippen molar-refractivity contribution < 1.29 is 9.47 Å². The molecule has 118 valence electrons. The molecule has 1 aliphatic heterocycles. The normalized spacial score (nSPS) is 17.2. The van der Waals surface area contributed by atoms with E-state index in [4.69, 9.17) is 9.47 Å². The zero-order valence-electron chi connectivity index (χ0n) is 13.9. The molecule has 1 aromatic rings. The van der Waals surface area contributed by atoms with Crippen molar-refractivity contribution in [2.24, 2.45) is 0 Å². The van der Waals surface area contributed by atoms with Gasteiger partial charge >= 0.3 is 0 Å². The number of benzene rings is 1. The summed E-state index contributed by atoms with van der Waals surface area (Å²) in [5.41, 5.74) is 2.42. The Balaban J connectivity index is 1.92. The molecule has 2 rings (SSSR count). The molecule has 1 unspecified atom stereocenters. The third-order valence-electron chi connectivity index (χ3n) is 4.14. The van der Waals surface area contributed by atoms with Crippen molar-refractivity contribution in [2.45, 2.75) is 45.9 Å². The number of ether oxygens (including phenoxy) is 2. The molecule has 1 heterocycles. The maximum atomic E-state index is 5.83. The molecule has 1 atom stereocenters. The zero-order chi connectivity index (χ0) is 15.4. The van der Waals surface area contributed by atoms with Crippen LogP contribution in [0.25, 0.3) is 0 Å². The van der Waals surface area contributed by atoms with Gasteiger partial charge in [0.15, 0.2) is 0 Å². The first-order valence-electron chi connectivity index (χ1n) is 7.78. The van der Waals surface area contributed by atoms with Crippen molar-refractivity contribution in [2.75, 3.05) is 27.2 Å². The Morgan fingerprint density at radius 1 is 1.43 bits per heavy atom. The molecule has 0 radical (unpaired) electrons. The lowest BCUT2D eigenvalue weighted by atomic mass is 10.1. The van der Waals surface area contributed by atoms with Gasteiger partial charge in [0.2, 0.25) is 0 Å². The first-order chi connectivity index (χ1) is 10.0. The van der Waals surface area contributed by atoms with Crippen molar-refractivity contribution in [1.82, 2.24) is 10.2 Å². The molecule has 0 spiro atoms. The van der Waals surface area contributed by atoms with E-state index in [0.29, 0.717) is 6.04 Å². The van der Waals surface area contributed by atoms with Gasteiger partial charge in [-0.3, -0.25) is 0 Å². The summed E-state index contributed by atoms with van der Waals surface area (Å²) in [4.78, 5) is 2.33. The van der Waals surface area contributed by atoms with Gasteiger partial charge in [0.25, 0.3) is 0 Å². The van der Waals surface area contributed by atoms with E-state index >= 15 is 0 Å². The molecule has 4 nitrogen and oxygen atoms in total. The van der Waals surface area contributed by atoms with Crippen molar-refractivity contribution >= 4 is 0 Å². The summed E-state index contributed by atoms with van der Waals surface area (Å²) < 4.78 is 11.3.